The van der Waals surface area contributed by atoms with Crippen LogP contribution in [0.3, 0.4) is 0 Å². The first-order chi connectivity index (χ1) is 11.6. The van der Waals surface area contributed by atoms with Crippen molar-refractivity contribution in [3.63, 3.8) is 0 Å². The zero-order chi connectivity index (χ0) is 17.1. The van der Waals surface area contributed by atoms with Gasteiger partial charge in [-0.25, -0.2) is 9.37 Å². The Hall–Kier alpha value is -1.92. The molecule has 2 aromatic rings. The van der Waals surface area contributed by atoms with E-state index in [0.717, 1.165) is 43.9 Å². The highest BCUT2D eigenvalue weighted by Gasteiger charge is 2.28. The molecule has 1 N–H and O–H groups in total. The van der Waals surface area contributed by atoms with Crippen LogP contribution >= 0.6 is 0 Å². The number of aryl methyl sites for hydroxylation is 1. The van der Waals surface area contributed by atoms with Gasteiger partial charge in [-0.1, -0.05) is 6.07 Å². The molecule has 3 rings (SSSR count). The number of aliphatic hydroxyl groups is 1. The van der Waals surface area contributed by atoms with Gasteiger partial charge in [0.25, 0.3) is 0 Å². The number of methoxy groups -OCH3 is 1. The van der Waals surface area contributed by atoms with Gasteiger partial charge in [-0.05, 0) is 49.5 Å². The van der Waals surface area contributed by atoms with Crippen molar-refractivity contribution in [2.24, 2.45) is 13.0 Å². The summed E-state index contributed by atoms with van der Waals surface area (Å²) in [6.07, 6.45) is 4.90. The Bertz CT molecular complexity index is 681. The smallest absolute Gasteiger partial charge is 0.165 e. The quantitative estimate of drug-likeness (QED) is 0.913. The van der Waals surface area contributed by atoms with E-state index < -0.39 is 6.10 Å². The third-order valence-electron chi connectivity index (χ3n) is 4.82. The summed E-state index contributed by atoms with van der Waals surface area (Å²) in [5.74, 6) is 0.910. The minimum absolute atomic E-state index is 0.227. The molecule has 0 radical (unpaired) electrons. The van der Waals surface area contributed by atoms with Gasteiger partial charge in [0.1, 0.15) is 11.9 Å². The van der Waals surface area contributed by atoms with Crippen molar-refractivity contribution in [1.82, 2.24) is 14.5 Å². The van der Waals surface area contributed by atoms with E-state index in [2.05, 4.69) is 9.88 Å². The third kappa shape index (κ3) is 3.60. The summed E-state index contributed by atoms with van der Waals surface area (Å²) in [5, 5.41) is 10.5. The Morgan fingerprint density at radius 1 is 1.38 bits per heavy atom. The van der Waals surface area contributed by atoms with E-state index in [0.29, 0.717) is 0 Å². The maximum Gasteiger partial charge on any atom is 0.165 e. The molecule has 2 heterocycles. The molecule has 5 nitrogen and oxygen atoms in total. The standard InChI is InChI=1S/C18H24FN3O2/c1-21-10-7-20-18(21)17(23)14-5-8-22(9-6-14)12-13-3-4-15(19)16(11-13)24-2/h3-4,7,10-11,14,17,23H,5-6,8-9,12H2,1-2H3. The van der Waals surface area contributed by atoms with Gasteiger partial charge in [-0.2, -0.15) is 0 Å². The van der Waals surface area contributed by atoms with Gasteiger partial charge in [0.05, 0.1) is 7.11 Å². The van der Waals surface area contributed by atoms with Gasteiger partial charge in [-0.15, -0.1) is 0 Å². The number of rotatable bonds is 5. The van der Waals surface area contributed by atoms with Gasteiger partial charge >= 0.3 is 0 Å². The second kappa shape index (κ2) is 7.32. The monoisotopic (exact) mass is 333 g/mol. The molecule has 1 aliphatic rings. The molecule has 1 fully saturated rings. The predicted octanol–water partition coefficient (Wildman–Crippen LogP) is 2.51. The number of hydrogen-bond donors (Lipinski definition) is 1. The predicted molar refractivity (Wildman–Crippen MR) is 89.1 cm³/mol. The largest absolute Gasteiger partial charge is 0.494 e. The molecule has 1 unspecified atom stereocenters. The fourth-order valence-corrected chi connectivity index (χ4v) is 3.36. The minimum Gasteiger partial charge on any atom is -0.494 e. The normalized spacial score (nSPS) is 17.8. The first-order valence-electron chi connectivity index (χ1n) is 8.28. The van der Waals surface area contributed by atoms with Crippen molar-refractivity contribution in [3.05, 3.63) is 47.8 Å². The van der Waals surface area contributed by atoms with Gasteiger partial charge in [0.2, 0.25) is 0 Å². The lowest BCUT2D eigenvalue weighted by molar-refractivity contribution is 0.0492. The summed E-state index contributed by atoms with van der Waals surface area (Å²) in [4.78, 5) is 6.58. The number of aromatic nitrogens is 2. The summed E-state index contributed by atoms with van der Waals surface area (Å²) in [6.45, 7) is 2.58. The first kappa shape index (κ1) is 16.9. The average Bonchev–Trinajstić information content (AvgIpc) is 3.02. The van der Waals surface area contributed by atoms with Gasteiger partial charge in [0, 0.05) is 26.0 Å². The van der Waals surface area contributed by atoms with E-state index in [1.807, 2.05) is 17.8 Å². The van der Waals surface area contributed by atoms with Crippen molar-refractivity contribution in [2.75, 3.05) is 20.2 Å². The molecule has 1 aliphatic heterocycles. The van der Waals surface area contributed by atoms with Gasteiger partial charge in [0.15, 0.2) is 11.6 Å². The number of halogens is 1. The van der Waals surface area contributed by atoms with Crippen LogP contribution in [0.5, 0.6) is 5.75 Å². The van der Waals surface area contributed by atoms with Crippen LogP contribution in [0.4, 0.5) is 4.39 Å². The van der Waals surface area contributed by atoms with Crippen LogP contribution in [-0.2, 0) is 13.6 Å². The van der Waals surface area contributed by atoms with Crippen LogP contribution in [0.1, 0.15) is 30.3 Å². The van der Waals surface area contributed by atoms with E-state index >= 15 is 0 Å². The summed E-state index contributed by atoms with van der Waals surface area (Å²) in [7, 11) is 3.38. The molecule has 6 heteroatoms. The zero-order valence-corrected chi connectivity index (χ0v) is 14.2. The molecule has 0 bridgehead atoms. The molecule has 0 saturated carbocycles. The molecule has 1 saturated heterocycles. The minimum atomic E-state index is -0.516. The van der Waals surface area contributed by atoms with Crippen LogP contribution in [0.2, 0.25) is 0 Å². The van der Waals surface area contributed by atoms with Crippen molar-refractivity contribution in [3.8, 4) is 5.75 Å². The van der Waals surface area contributed by atoms with Crippen LogP contribution in [0.25, 0.3) is 0 Å². The highest BCUT2D eigenvalue weighted by atomic mass is 19.1. The fourth-order valence-electron chi connectivity index (χ4n) is 3.36. The van der Waals surface area contributed by atoms with Crippen LogP contribution in [0, 0.1) is 11.7 Å². The Balaban J connectivity index is 1.56. The first-order valence-corrected chi connectivity index (χ1v) is 8.28. The number of likely N-dealkylation sites (tertiary alicyclic amines) is 1. The lowest BCUT2D eigenvalue weighted by Gasteiger charge is -2.34. The molecule has 0 amide bonds. The number of nitrogens with zero attached hydrogens (tertiary/aromatic N) is 3. The molecular formula is C18H24FN3O2. The van der Waals surface area contributed by atoms with Crippen LogP contribution < -0.4 is 4.74 Å². The van der Waals surface area contributed by atoms with Crippen molar-refractivity contribution in [1.29, 1.82) is 0 Å². The van der Waals surface area contributed by atoms with Crippen molar-refractivity contribution >= 4 is 0 Å². The fraction of sp³-hybridized carbons (Fsp3) is 0.500. The van der Waals surface area contributed by atoms with Crippen molar-refractivity contribution < 1.29 is 14.2 Å². The molecule has 0 spiro atoms. The van der Waals surface area contributed by atoms with E-state index in [9.17, 15) is 9.50 Å². The van der Waals surface area contributed by atoms with Crippen LogP contribution in [0.15, 0.2) is 30.6 Å². The molecule has 1 atom stereocenters. The number of benzene rings is 1. The number of imidazole rings is 1. The highest BCUT2D eigenvalue weighted by molar-refractivity contribution is 5.30. The van der Waals surface area contributed by atoms with Crippen molar-refractivity contribution in [2.45, 2.75) is 25.5 Å². The van der Waals surface area contributed by atoms with Gasteiger partial charge < -0.3 is 14.4 Å². The second-order valence-electron chi connectivity index (χ2n) is 6.42. The maximum absolute atomic E-state index is 13.5. The third-order valence-corrected chi connectivity index (χ3v) is 4.82. The number of aliphatic hydroxyl groups excluding tert-OH is 1. The SMILES string of the molecule is COc1cc(CN2CCC(C(O)c3nccn3C)CC2)ccc1F. The molecule has 24 heavy (non-hydrogen) atoms. The van der Waals surface area contributed by atoms with E-state index in [-0.39, 0.29) is 17.5 Å². The Kier molecular flexibility index (Phi) is 5.16. The van der Waals surface area contributed by atoms with Gasteiger partial charge in [-0.3, -0.25) is 4.90 Å². The average molecular weight is 333 g/mol. The molecule has 130 valence electrons. The zero-order valence-electron chi connectivity index (χ0n) is 14.2. The molecular weight excluding hydrogens is 309 g/mol. The van der Waals surface area contributed by atoms with E-state index in [1.54, 1.807) is 18.3 Å². The van der Waals surface area contributed by atoms with E-state index in [1.165, 1.54) is 13.2 Å². The van der Waals surface area contributed by atoms with E-state index in [4.69, 9.17) is 4.74 Å². The van der Waals surface area contributed by atoms with Crippen LogP contribution in [-0.4, -0.2) is 39.8 Å². The Morgan fingerprint density at radius 2 is 2.12 bits per heavy atom. The summed E-state index contributed by atoms with van der Waals surface area (Å²) in [5.41, 5.74) is 1.04. The number of piperidine rings is 1. The second-order valence-corrected chi connectivity index (χ2v) is 6.42. The summed E-state index contributed by atoms with van der Waals surface area (Å²) in [6, 6.07) is 5.00. The lowest BCUT2D eigenvalue weighted by atomic mass is 9.90. The molecule has 1 aromatic carbocycles. The molecule has 0 aliphatic carbocycles. The molecule has 1 aromatic heterocycles. The summed E-state index contributed by atoms with van der Waals surface area (Å²) < 4.78 is 20.4. The summed E-state index contributed by atoms with van der Waals surface area (Å²) >= 11 is 0. The number of ether oxygens (including phenoxy) is 1. The Morgan fingerprint density at radius 3 is 2.75 bits per heavy atom. The lowest BCUT2D eigenvalue weighted by Crippen LogP contribution is -2.35. The Labute approximate surface area is 141 Å². The highest BCUT2D eigenvalue weighted by Crippen LogP contribution is 2.30. The number of hydrogen-bond acceptors (Lipinski definition) is 4. The maximum atomic E-state index is 13.5. The topological polar surface area (TPSA) is 50.5 Å².